The highest BCUT2D eigenvalue weighted by atomic mass is 16.5. The lowest BCUT2D eigenvalue weighted by Crippen LogP contribution is -2.08. The molecule has 0 aromatic heterocycles. The first-order chi connectivity index (χ1) is 14.2. The van der Waals surface area contributed by atoms with Gasteiger partial charge in [-0.3, -0.25) is 0 Å². The number of nitriles is 1. The van der Waals surface area contributed by atoms with Crippen LogP contribution < -0.4 is 4.74 Å². The first-order valence-corrected chi connectivity index (χ1v) is 9.85. The number of rotatable bonds is 5. The molecule has 0 amide bonds. The van der Waals surface area contributed by atoms with Crippen molar-refractivity contribution in [1.82, 2.24) is 0 Å². The van der Waals surface area contributed by atoms with Crippen LogP contribution in [0.5, 0.6) is 5.75 Å². The molecule has 0 saturated carbocycles. The number of carbonyl (C=O) groups is 1. The van der Waals surface area contributed by atoms with E-state index >= 15 is 0 Å². The Hall–Kier alpha value is -3.64. The minimum Gasteiger partial charge on any atom is -0.423 e. The minimum absolute atomic E-state index is 0.411. The van der Waals surface area contributed by atoms with Gasteiger partial charge in [-0.1, -0.05) is 49.7 Å². The fourth-order valence-electron chi connectivity index (χ4n) is 3.55. The van der Waals surface area contributed by atoms with Crippen molar-refractivity contribution in [2.75, 3.05) is 0 Å². The number of benzene rings is 4. The molecule has 0 unspecified atom stereocenters. The Morgan fingerprint density at radius 2 is 1.59 bits per heavy atom. The second-order valence-corrected chi connectivity index (χ2v) is 7.19. The van der Waals surface area contributed by atoms with Crippen molar-refractivity contribution in [3.05, 3.63) is 89.5 Å². The van der Waals surface area contributed by atoms with Crippen LogP contribution in [-0.4, -0.2) is 5.97 Å². The number of ether oxygens (including phenoxy) is 1. The number of hydrogen-bond acceptors (Lipinski definition) is 3. The highest BCUT2D eigenvalue weighted by Crippen LogP contribution is 2.28. The summed E-state index contributed by atoms with van der Waals surface area (Å²) in [4.78, 5) is 12.5. The monoisotopic (exact) mass is 379 g/mol. The average Bonchev–Trinajstić information content (AvgIpc) is 2.77. The molecule has 3 nitrogen and oxygen atoms in total. The molecule has 0 radical (unpaired) electrons. The summed E-state index contributed by atoms with van der Waals surface area (Å²) in [7, 11) is 0. The number of hydrogen-bond donors (Lipinski definition) is 0. The molecule has 0 fully saturated rings. The van der Waals surface area contributed by atoms with E-state index in [1.807, 2.05) is 18.2 Å². The van der Waals surface area contributed by atoms with Crippen LogP contribution in [0.3, 0.4) is 0 Å². The summed E-state index contributed by atoms with van der Waals surface area (Å²) in [5.41, 5.74) is 2.39. The number of unbranched alkanes of at least 4 members (excludes halogenated alkanes) is 1. The van der Waals surface area contributed by atoms with Gasteiger partial charge in [0.2, 0.25) is 0 Å². The predicted octanol–water partition coefficient (Wildman–Crippen LogP) is 6.43. The summed E-state index contributed by atoms with van der Waals surface area (Å²) in [6.45, 7) is 2.21. The van der Waals surface area contributed by atoms with Gasteiger partial charge in [0.25, 0.3) is 0 Å². The number of carbonyl (C=O) groups excluding carboxylic acids is 1. The van der Waals surface area contributed by atoms with Crippen LogP contribution in [0.25, 0.3) is 21.5 Å². The molecule has 0 heterocycles. The lowest BCUT2D eigenvalue weighted by Gasteiger charge is -2.09. The molecule has 0 atom stereocenters. The fraction of sp³-hybridized carbons (Fsp3) is 0.154. The second-order valence-electron chi connectivity index (χ2n) is 7.19. The molecule has 0 spiro atoms. The molecule has 0 aliphatic rings. The molecular formula is C26H21NO2. The number of aryl methyl sites for hydroxylation is 1. The summed E-state index contributed by atoms with van der Waals surface area (Å²) in [5, 5.41) is 13.4. The topological polar surface area (TPSA) is 50.1 Å². The maximum absolute atomic E-state index is 12.5. The number of nitrogens with zero attached hydrogens (tertiary/aromatic N) is 1. The van der Waals surface area contributed by atoms with E-state index in [-0.39, 0.29) is 0 Å². The van der Waals surface area contributed by atoms with Crippen molar-refractivity contribution in [3.8, 4) is 11.8 Å². The molecule has 0 N–H and O–H groups in total. The molecule has 0 aliphatic heterocycles. The lowest BCUT2D eigenvalue weighted by molar-refractivity contribution is 0.0735. The van der Waals surface area contributed by atoms with Gasteiger partial charge in [0.05, 0.1) is 17.2 Å². The van der Waals surface area contributed by atoms with E-state index in [2.05, 4.69) is 37.3 Å². The lowest BCUT2D eigenvalue weighted by atomic mass is 9.97. The summed E-state index contributed by atoms with van der Waals surface area (Å²) in [5.74, 6) is 0.0128. The van der Waals surface area contributed by atoms with Crippen molar-refractivity contribution < 1.29 is 9.53 Å². The molecule has 4 aromatic rings. The smallest absolute Gasteiger partial charge is 0.343 e. The van der Waals surface area contributed by atoms with Crippen molar-refractivity contribution in [2.45, 2.75) is 26.2 Å². The van der Waals surface area contributed by atoms with Crippen LogP contribution >= 0.6 is 0 Å². The second kappa shape index (κ2) is 8.16. The van der Waals surface area contributed by atoms with Crippen LogP contribution in [0.4, 0.5) is 0 Å². The van der Waals surface area contributed by atoms with Gasteiger partial charge in [0.1, 0.15) is 5.75 Å². The van der Waals surface area contributed by atoms with Gasteiger partial charge in [0, 0.05) is 0 Å². The van der Waals surface area contributed by atoms with Crippen LogP contribution in [-0.2, 0) is 6.42 Å². The molecule has 4 aromatic carbocycles. The Balaban J connectivity index is 1.62. The van der Waals surface area contributed by atoms with Gasteiger partial charge in [-0.15, -0.1) is 0 Å². The zero-order valence-corrected chi connectivity index (χ0v) is 16.3. The van der Waals surface area contributed by atoms with Crippen LogP contribution in [0, 0.1) is 11.3 Å². The van der Waals surface area contributed by atoms with Gasteiger partial charge in [-0.2, -0.15) is 5.26 Å². The van der Waals surface area contributed by atoms with Crippen LogP contribution in [0.1, 0.15) is 41.3 Å². The highest BCUT2D eigenvalue weighted by molar-refractivity contribution is 6.09. The van der Waals surface area contributed by atoms with E-state index in [1.165, 1.54) is 29.2 Å². The Morgan fingerprint density at radius 3 is 2.28 bits per heavy atom. The quantitative estimate of drug-likeness (QED) is 0.228. The van der Waals surface area contributed by atoms with E-state index in [0.717, 1.165) is 17.2 Å². The third-order valence-corrected chi connectivity index (χ3v) is 5.15. The number of esters is 1. The molecule has 29 heavy (non-hydrogen) atoms. The van der Waals surface area contributed by atoms with E-state index < -0.39 is 5.97 Å². The third kappa shape index (κ3) is 3.97. The molecular weight excluding hydrogens is 358 g/mol. The molecule has 3 heteroatoms. The molecule has 0 aliphatic carbocycles. The van der Waals surface area contributed by atoms with Crippen LogP contribution in [0.15, 0.2) is 72.8 Å². The van der Waals surface area contributed by atoms with Gasteiger partial charge in [-0.05, 0) is 76.3 Å². The zero-order valence-electron chi connectivity index (χ0n) is 16.3. The molecule has 0 saturated heterocycles. The molecule has 142 valence electrons. The van der Waals surface area contributed by atoms with Gasteiger partial charge in [0.15, 0.2) is 0 Å². The van der Waals surface area contributed by atoms with Crippen molar-refractivity contribution >= 4 is 27.5 Å². The van der Waals surface area contributed by atoms with Crippen molar-refractivity contribution in [1.29, 1.82) is 5.26 Å². The highest BCUT2D eigenvalue weighted by Gasteiger charge is 2.11. The van der Waals surface area contributed by atoms with E-state index in [4.69, 9.17) is 10.00 Å². The molecule has 0 bridgehead atoms. The zero-order chi connectivity index (χ0) is 20.2. The van der Waals surface area contributed by atoms with Gasteiger partial charge < -0.3 is 4.74 Å². The van der Waals surface area contributed by atoms with E-state index in [9.17, 15) is 4.79 Å². The first kappa shape index (κ1) is 18.7. The van der Waals surface area contributed by atoms with Crippen molar-refractivity contribution in [3.63, 3.8) is 0 Å². The largest absolute Gasteiger partial charge is 0.423 e. The Bertz CT molecular complexity index is 1230. The molecule has 4 rings (SSSR count). The summed E-state index contributed by atoms with van der Waals surface area (Å²) in [6, 6.07) is 25.0. The van der Waals surface area contributed by atoms with E-state index in [0.29, 0.717) is 16.9 Å². The van der Waals surface area contributed by atoms with Gasteiger partial charge >= 0.3 is 5.97 Å². The Morgan fingerprint density at radius 1 is 0.897 bits per heavy atom. The van der Waals surface area contributed by atoms with Crippen LogP contribution in [0.2, 0.25) is 0 Å². The minimum atomic E-state index is -0.411. The SMILES string of the molecule is CCCCc1ccc2c(ccc3cc(C(=O)Oc4ccc(C#N)cc4)ccc32)c1. The summed E-state index contributed by atoms with van der Waals surface area (Å²) >= 11 is 0. The summed E-state index contributed by atoms with van der Waals surface area (Å²) in [6.07, 6.45) is 3.49. The maximum atomic E-state index is 12.5. The number of fused-ring (bicyclic) bond motifs is 3. The standard InChI is InChI=1S/C26H21NO2/c1-2-3-4-18-7-13-24-20(15-18)8-9-21-16-22(10-14-25(21)24)26(28)29-23-11-5-19(17-27)6-12-23/h5-16H,2-4H2,1H3. The van der Waals surface area contributed by atoms with E-state index in [1.54, 1.807) is 30.3 Å². The first-order valence-electron chi connectivity index (χ1n) is 9.85. The predicted molar refractivity (Wildman–Crippen MR) is 116 cm³/mol. The average molecular weight is 379 g/mol. The fourth-order valence-corrected chi connectivity index (χ4v) is 3.55. The summed E-state index contributed by atoms with van der Waals surface area (Å²) < 4.78 is 5.44. The Labute approximate surface area is 170 Å². The third-order valence-electron chi connectivity index (χ3n) is 5.15. The Kier molecular flexibility index (Phi) is 5.27. The van der Waals surface area contributed by atoms with Gasteiger partial charge in [-0.25, -0.2) is 4.79 Å². The van der Waals surface area contributed by atoms with Crippen molar-refractivity contribution in [2.24, 2.45) is 0 Å². The maximum Gasteiger partial charge on any atom is 0.343 e. The normalized spacial score (nSPS) is 10.8.